The van der Waals surface area contributed by atoms with Gasteiger partial charge in [0, 0.05) is 0 Å². The van der Waals surface area contributed by atoms with Crippen LogP contribution < -0.4 is 9.80 Å². The summed E-state index contributed by atoms with van der Waals surface area (Å²) in [7, 11) is 0. The molecule has 5 nitrogen and oxygen atoms in total. The van der Waals surface area contributed by atoms with Gasteiger partial charge in [-0.05, 0) is 24.6 Å². The smallest absolute Gasteiger partial charge is 0.293 e. The number of nitrogens with zero attached hydrogens (tertiary/aromatic N) is 1. The summed E-state index contributed by atoms with van der Waals surface area (Å²) in [5.41, 5.74) is 2.66. The minimum atomic E-state index is -0.446. The van der Waals surface area contributed by atoms with E-state index in [9.17, 15) is 9.59 Å². The van der Waals surface area contributed by atoms with Gasteiger partial charge in [0.05, 0.1) is 18.9 Å². The van der Waals surface area contributed by atoms with E-state index in [0.717, 1.165) is 29.1 Å². The van der Waals surface area contributed by atoms with Crippen LogP contribution in [-0.2, 0) is 14.3 Å². The molecule has 2 amide bonds. The van der Waals surface area contributed by atoms with Gasteiger partial charge in [0.1, 0.15) is 19.0 Å². The summed E-state index contributed by atoms with van der Waals surface area (Å²) >= 11 is 0. The molecule has 0 spiro atoms. The van der Waals surface area contributed by atoms with Crippen LogP contribution in [0.15, 0.2) is 54.6 Å². The van der Waals surface area contributed by atoms with Gasteiger partial charge in [-0.2, -0.15) is 0 Å². The molecule has 0 aliphatic carbocycles. The Balaban J connectivity index is 1.75. The highest BCUT2D eigenvalue weighted by molar-refractivity contribution is 6.24. The number of anilines is 1. The van der Waals surface area contributed by atoms with Gasteiger partial charge in [-0.3, -0.25) is 9.59 Å². The first kappa shape index (κ1) is 16.9. The zero-order valence-electron chi connectivity index (χ0n) is 14.9. The fourth-order valence-electron chi connectivity index (χ4n) is 3.97. The predicted octanol–water partition coefficient (Wildman–Crippen LogP) is 0.936. The topological polar surface area (TPSA) is 51.1 Å². The number of nitrogens with one attached hydrogen (secondary N) is 1. The Morgan fingerprint density at radius 1 is 0.923 bits per heavy atom. The van der Waals surface area contributed by atoms with Crippen molar-refractivity contribution in [2.24, 2.45) is 0 Å². The molecular formula is C21H23N2O3+. The first-order valence-corrected chi connectivity index (χ1v) is 9.08. The van der Waals surface area contributed by atoms with Gasteiger partial charge in [-0.15, -0.1) is 0 Å². The van der Waals surface area contributed by atoms with Gasteiger partial charge in [-0.25, -0.2) is 4.90 Å². The van der Waals surface area contributed by atoms with Crippen LogP contribution in [0.5, 0.6) is 0 Å². The van der Waals surface area contributed by atoms with Gasteiger partial charge in [0.2, 0.25) is 5.91 Å². The third-order valence-corrected chi connectivity index (χ3v) is 5.33. The summed E-state index contributed by atoms with van der Waals surface area (Å²) in [4.78, 5) is 29.2. The van der Waals surface area contributed by atoms with Gasteiger partial charge < -0.3 is 9.64 Å². The second-order valence-corrected chi connectivity index (χ2v) is 6.98. The van der Waals surface area contributed by atoms with Crippen molar-refractivity contribution in [3.05, 3.63) is 65.7 Å². The Bertz CT molecular complexity index is 798. The third kappa shape index (κ3) is 2.93. The average molecular weight is 351 g/mol. The van der Waals surface area contributed by atoms with Gasteiger partial charge >= 0.3 is 0 Å². The maximum absolute atomic E-state index is 13.3. The lowest BCUT2D eigenvalue weighted by Gasteiger charge is -2.30. The number of morpholine rings is 1. The number of hydrogen-bond acceptors (Lipinski definition) is 3. The summed E-state index contributed by atoms with van der Waals surface area (Å²) in [5.74, 6) is -0.684. The van der Waals surface area contributed by atoms with E-state index < -0.39 is 12.0 Å². The molecule has 26 heavy (non-hydrogen) atoms. The molecule has 2 saturated heterocycles. The zero-order valence-corrected chi connectivity index (χ0v) is 14.9. The molecule has 2 aromatic rings. The Kier molecular flexibility index (Phi) is 4.57. The maximum Gasteiger partial charge on any atom is 0.293 e. The molecule has 2 atom stereocenters. The minimum Gasteiger partial charge on any atom is -0.370 e. The van der Waals surface area contributed by atoms with Crippen molar-refractivity contribution in [2.45, 2.75) is 18.9 Å². The molecule has 2 aliphatic rings. The van der Waals surface area contributed by atoms with Crippen molar-refractivity contribution in [1.29, 1.82) is 0 Å². The SMILES string of the molecule is Cc1ccc(N2C(=O)[C@H](c3ccccc3)[C@@H]([NH+]3CCOCC3)C2=O)cc1. The number of carbonyl (C=O) groups is 2. The molecule has 2 aliphatic heterocycles. The second kappa shape index (κ2) is 7.02. The molecule has 2 heterocycles. The van der Waals surface area contributed by atoms with Crippen LogP contribution in [0.1, 0.15) is 17.0 Å². The second-order valence-electron chi connectivity index (χ2n) is 6.98. The standard InChI is InChI=1S/C21H22N2O3/c1-15-7-9-17(10-8-15)23-20(24)18(16-5-3-2-4-6-16)19(21(23)25)22-11-13-26-14-12-22/h2-10,18-19H,11-14H2,1H3/p+1/t18-,19-/m1/s1. The lowest BCUT2D eigenvalue weighted by atomic mass is 9.92. The quantitative estimate of drug-likeness (QED) is 0.838. The lowest BCUT2D eigenvalue weighted by Crippen LogP contribution is -3.19. The van der Waals surface area contributed by atoms with Crippen molar-refractivity contribution < 1.29 is 19.2 Å². The summed E-state index contributed by atoms with van der Waals surface area (Å²) in [6, 6.07) is 16.8. The first-order chi connectivity index (χ1) is 12.7. The lowest BCUT2D eigenvalue weighted by molar-refractivity contribution is -0.923. The van der Waals surface area contributed by atoms with Gasteiger partial charge in [0.25, 0.3) is 5.91 Å². The molecule has 0 unspecified atom stereocenters. The molecule has 4 rings (SSSR count). The number of ether oxygens (including phenoxy) is 1. The van der Waals surface area contributed by atoms with E-state index in [4.69, 9.17) is 4.74 Å². The Labute approximate surface area is 153 Å². The van der Waals surface area contributed by atoms with Crippen molar-refractivity contribution in [2.75, 3.05) is 31.2 Å². The van der Waals surface area contributed by atoms with Gasteiger partial charge in [0.15, 0.2) is 6.04 Å². The predicted molar refractivity (Wildman–Crippen MR) is 98.2 cm³/mol. The molecular weight excluding hydrogens is 328 g/mol. The molecule has 0 aromatic heterocycles. The fourth-order valence-corrected chi connectivity index (χ4v) is 3.97. The Hall–Kier alpha value is -2.50. The monoisotopic (exact) mass is 351 g/mol. The fraction of sp³-hybridized carbons (Fsp3) is 0.333. The van der Waals surface area contributed by atoms with Crippen molar-refractivity contribution in [3.8, 4) is 0 Å². The molecule has 2 aromatic carbocycles. The van der Waals surface area contributed by atoms with E-state index >= 15 is 0 Å². The molecule has 2 fully saturated rings. The number of amides is 2. The van der Waals surface area contributed by atoms with E-state index in [-0.39, 0.29) is 11.8 Å². The van der Waals surface area contributed by atoms with Crippen LogP contribution in [0, 0.1) is 6.92 Å². The number of rotatable bonds is 3. The number of aryl methyl sites for hydroxylation is 1. The minimum absolute atomic E-state index is 0.107. The van der Waals surface area contributed by atoms with Crippen LogP contribution in [0.4, 0.5) is 5.69 Å². The van der Waals surface area contributed by atoms with E-state index in [1.54, 1.807) is 0 Å². The number of carbonyl (C=O) groups excluding carboxylic acids is 2. The first-order valence-electron chi connectivity index (χ1n) is 9.08. The van der Waals surface area contributed by atoms with Crippen LogP contribution in [0.2, 0.25) is 0 Å². The summed E-state index contributed by atoms with van der Waals surface area (Å²) < 4.78 is 5.46. The molecule has 134 valence electrons. The van der Waals surface area contributed by atoms with E-state index in [2.05, 4.69) is 0 Å². The van der Waals surface area contributed by atoms with Crippen molar-refractivity contribution >= 4 is 17.5 Å². The maximum atomic E-state index is 13.3. The molecule has 1 N–H and O–H groups in total. The van der Waals surface area contributed by atoms with Crippen LogP contribution in [0.3, 0.4) is 0 Å². The summed E-state index contributed by atoms with van der Waals surface area (Å²) in [6.07, 6.45) is 0. The Morgan fingerprint density at radius 2 is 1.58 bits per heavy atom. The molecule has 5 heteroatoms. The largest absolute Gasteiger partial charge is 0.370 e. The average Bonchev–Trinajstić information content (AvgIpc) is 2.94. The van der Waals surface area contributed by atoms with Crippen LogP contribution in [0.25, 0.3) is 0 Å². The number of quaternary nitrogens is 1. The zero-order chi connectivity index (χ0) is 18.1. The summed E-state index contributed by atoms with van der Waals surface area (Å²) in [6.45, 7) is 4.73. The highest BCUT2D eigenvalue weighted by Crippen LogP contribution is 2.32. The molecule has 0 radical (unpaired) electrons. The van der Waals surface area contributed by atoms with Gasteiger partial charge in [-0.1, -0.05) is 48.0 Å². The van der Waals surface area contributed by atoms with Crippen LogP contribution >= 0.6 is 0 Å². The highest BCUT2D eigenvalue weighted by Gasteiger charge is 2.54. The normalized spacial score (nSPS) is 24.3. The van der Waals surface area contributed by atoms with Crippen LogP contribution in [-0.4, -0.2) is 44.2 Å². The number of benzene rings is 2. The third-order valence-electron chi connectivity index (χ3n) is 5.33. The highest BCUT2D eigenvalue weighted by atomic mass is 16.5. The number of hydrogen-bond donors (Lipinski definition) is 1. The summed E-state index contributed by atoms with van der Waals surface area (Å²) in [5, 5.41) is 0. The molecule has 0 bridgehead atoms. The Morgan fingerprint density at radius 3 is 2.23 bits per heavy atom. The van der Waals surface area contributed by atoms with Crippen molar-refractivity contribution in [1.82, 2.24) is 0 Å². The number of imide groups is 1. The van der Waals surface area contributed by atoms with E-state index in [1.165, 1.54) is 4.90 Å². The van der Waals surface area contributed by atoms with E-state index in [0.29, 0.717) is 18.9 Å². The van der Waals surface area contributed by atoms with E-state index in [1.807, 2.05) is 61.5 Å². The molecule has 0 saturated carbocycles. The van der Waals surface area contributed by atoms with Crippen molar-refractivity contribution in [3.63, 3.8) is 0 Å².